The molecule has 2 saturated carbocycles. The van der Waals surface area contributed by atoms with Gasteiger partial charge >= 0.3 is 0 Å². The first-order chi connectivity index (χ1) is 68.7. The van der Waals surface area contributed by atoms with E-state index in [4.69, 9.17) is 8.83 Å². The predicted molar refractivity (Wildman–Crippen MR) is 589 cm³/mol. The Kier molecular flexibility index (Phi) is 19.7. The summed E-state index contributed by atoms with van der Waals surface area (Å²) < 4.78 is 14.7. The molecule has 139 heavy (non-hydrogen) atoms. The Balaban J connectivity index is 0.000000140. The summed E-state index contributed by atoms with van der Waals surface area (Å²) >= 11 is 0. The number of hydrogen-bond acceptors (Lipinski definition) is 6. The van der Waals surface area contributed by atoms with Gasteiger partial charge in [-0.1, -0.05) is 368 Å². The molecule has 0 aliphatic heterocycles. The van der Waals surface area contributed by atoms with Crippen LogP contribution in [0.5, 0.6) is 0 Å². The van der Waals surface area contributed by atoms with E-state index in [1.807, 2.05) is 0 Å². The van der Waals surface area contributed by atoms with Gasteiger partial charge in [-0.25, -0.2) is 0 Å². The number of para-hydroxylation sites is 5. The van der Waals surface area contributed by atoms with Crippen molar-refractivity contribution in [2.75, 3.05) is 19.6 Å². The predicted octanol–water partition coefficient (Wildman–Crippen LogP) is 38.9. The third kappa shape index (κ3) is 13.6. The lowest BCUT2D eigenvalue weighted by molar-refractivity contribution is 0.442. The molecule has 3 aliphatic rings. The zero-order valence-electron chi connectivity index (χ0n) is 77.9. The summed E-state index contributed by atoms with van der Waals surface area (Å²) in [6, 6.07) is 161. The van der Waals surface area contributed by atoms with Crippen molar-refractivity contribution >= 4 is 198 Å². The van der Waals surface area contributed by atoms with Gasteiger partial charge in [0, 0.05) is 82.6 Å². The van der Waals surface area contributed by atoms with Gasteiger partial charge in [-0.05, 0) is 279 Å². The normalized spacial score (nSPS) is 14.0. The van der Waals surface area contributed by atoms with Crippen LogP contribution in [0.2, 0.25) is 0 Å². The topological polar surface area (TPSA) is 39.2 Å². The molecule has 2 aromatic heterocycles. The van der Waals surface area contributed by atoms with Crippen molar-refractivity contribution in [3.05, 3.63) is 459 Å². The summed E-state index contributed by atoms with van der Waals surface area (Å²) in [7, 11) is 0. The molecule has 28 rings (SSSR count). The quantitative estimate of drug-likeness (QED) is 0.0898. The molecule has 0 spiro atoms. The molecule has 3 aliphatic carbocycles. The average molecular weight is 1790 g/mol. The van der Waals surface area contributed by atoms with E-state index in [0.717, 1.165) is 101 Å². The highest BCUT2D eigenvalue weighted by molar-refractivity contribution is 6.31. The third-order valence-electron chi connectivity index (χ3n) is 31.1. The van der Waals surface area contributed by atoms with Gasteiger partial charge in [0.05, 0.1) is 34.1 Å². The standard InChI is InChI=1S/C68H50N2O.C65H50N2O/c1-5-16-45(17-6-1)47-28-36-54(37-29-47)69(55-38-30-48(31-39-55)46-18-7-2-8-19-46)61-42-34-50-33-41-58-62(43-35-51-32-40-57(61)64(50)65(51)58)70(53-23-11-4-12-24-53)63-27-15-26-59-66-56-25-14-13-22-52(56)44-60(68(66)71-67(59)63)49-20-9-3-10-21-49;1-65(2)55-27-15-14-25-49(55)50-36-33-47(40-56(50)65)66(45-20-8-4-9-21-45)57-37-31-42-30-35-52-58(38-32-43-29-34-51(57)60(42)61(43)52)67(46-22-10-5-11-23-46)59-28-16-26-53-62-48-24-13-12-19-44(48)39-54(64(62)68-63(53)59)41-17-6-3-7-18-41/h1-2,4-8,11-19,22-44,49H,3,9-10,20-21H2;4-5,8-16,19-41H,3,6-7,17-18H2,1-2H3. The highest BCUT2D eigenvalue weighted by atomic mass is 16.3. The zero-order chi connectivity index (χ0) is 91.9. The molecule has 6 nitrogen and oxygen atoms in total. The molecular weight excluding hydrogens is 1690 g/mol. The maximum Gasteiger partial charge on any atom is 0.159 e. The van der Waals surface area contributed by atoms with E-state index in [2.05, 4.69) is 470 Å². The van der Waals surface area contributed by atoms with E-state index in [1.165, 1.54) is 217 Å². The summed E-state index contributed by atoms with van der Waals surface area (Å²) in [6.45, 7) is 4.73. The van der Waals surface area contributed by atoms with Gasteiger partial charge in [-0.15, -0.1) is 0 Å². The second-order valence-corrected chi connectivity index (χ2v) is 39.2. The van der Waals surface area contributed by atoms with E-state index in [0.29, 0.717) is 11.8 Å². The molecule has 0 atom stereocenters. The van der Waals surface area contributed by atoms with E-state index >= 15 is 0 Å². The molecule has 0 bridgehead atoms. The van der Waals surface area contributed by atoms with Crippen LogP contribution in [0.15, 0.2) is 446 Å². The Hall–Kier alpha value is -16.5. The van der Waals surface area contributed by atoms with Crippen LogP contribution in [-0.4, -0.2) is 0 Å². The van der Waals surface area contributed by atoms with Crippen LogP contribution in [0, 0.1) is 0 Å². The molecule has 2 heterocycles. The van der Waals surface area contributed by atoms with Crippen molar-refractivity contribution in [3.63, 3.8) is 0 Å². The fourth-order valence-electron chi connectivity index (χ4n) is 24.5. The van der Waals surface area contributed by atoms with Crippen molar-refractivity contribution in [3.8, 4) is 33.4 Å². The van der Waals surface area contributed by atoms with E-state index < -0.39 is 0 Å². The van der Waals surface area contributed by atoms with E-state index in [9.17, 15) is 0 Å². The smallest absolute Gasteiger partial charge is 0.159 e. The van der Waals surface area contributed by atoms with Crippen LogP contribution in [0.25, 0.3) is 163 Å². The van der Waals surface area contributed by atoms with Crippen LogP contribution < -0.4 is 19.6 Å². The maximum atomic E-state index is 7.37. The van der Waals surface area contributed by atoms with Crippen molar-refractivity contribution in [2.45, 2.75) is 95.3 Å². The number of fused-ring (bicyclic) bond motifs is 13. The molecule has 0 N–H and O–H groups in total. The van der Waals surface area contributed by atoms with Crippen LogP contribution in [0.3, 0.4) is 0 Å². The molecule has 664 valence electrons. The Morgan fingerprint density at radius 3 is 0.935 bits per heavy atom. The largest absolute Gasteiger partial charge is 0.454 e. The molecule has 23 aromatic carbocycles. The molecule has 25 aromatic rings. The first-order valence-electron chi connectivity index (χ1n) is 49.8. The lowest BCUT2D eigenvalue weighted by Crippen LogP contribution is -2.16. The Morgan fingerprint density at radius 1 is 0.201 bits per heavy atom. The van der Waals surface area contributed by atoms with Crippen LogP contribution >= 0.6 is 0 Å². The monoisotopic (exact) mass is 1780 g/mol. The molecule has 6 heteroatoms. The van der Waals surface area contributed by atoms with Gasteiger partial charge in [-0.3, -0.25) is 0 Å². The zero-order valence-corrected chi connectivity index (χ0v) is 77.9. The number of hydrogen-bond donors (Lipinski definition) is 0. The van der Waals surface area contributed by atoms with Gasteiger partial charge in [-0.2, -0.15) is 0 Å². The second kappa shape index (κ2) is 33.5. The van der Waals surface area contributed by atoms with Crippen molar-refractivity contribution < 1.29 is 8.83 Å². The summed E-state index contributed by atoms with van der Waals surface area (Å²) in [5.74, 6) is 0.989. The van der Waals surface area contributed by atoms with E-state index in [1.54, 1.807) is 0 Å². The highest BCUT2D eigenvalue weighted by Gasteiger charge is 2.38. The summed E-state index contributed by atoms with van der Waals surface area (Å²) in [6.07, 6.45) is 12.5. The molecule has 2 fully saturated rings. The van der Waals surface area contributed by atoms with Crippen LogP contribution in [0.1, 0.15) is 112 Å². The number of furan rings is 2. The summed E-state index contributed by atoms with van der Waals surface area (Å²) in [5, 5.41) is 24.6. The molecule has 0 saturated heterocycles. The Labute approximate surface area is 808 Å². The molecule has 0 radical (unpaired) electrons. The minimum Gasteiger partial charge on any atom is -0.454 e. The van der Waals surface area contributed by atoms with Crippen LogP contribution in [-0.2, 0) is 5.41 Å². The first-order valence-corrected chi connectivity index (χ1v) is 49.8. The molecular formula is C133H100N4O2. The first kappa shape index (κ1) is 82.0. The van der Waals surface area contributed by atoms with Gasteiger partial charge in [0.1, 0.15) is 11.2 Å². The number of anilines is 12. The van der Waals surface area contributed by atoms with Crippen molar-refractivity contribution in [1.82, 2.24) is 0 Å². The van der Waals surface area contributed by atoms with Crippen molar-refractivity contribution in [1.29, 1.82) is 0 Å². The van der Waals surface area contributed by atoms with Crippen LogP contribution in [0.4, 0.5) is 68.2 Å². The number of nitrogens with zero attached hydrogens (tertiary/aromatic N) is 4. The SMILES string of the molecule is CC1(C)c2ccccc2-c2ccc(N(c3ccccc3)c3ccc4ccc5c(N(c6ccccc6)c6cccc7c6oc6c(C8CCCCC8)cc8ccccc8c67)ccc6ccc3c4c65)cc21.c1ccc(-c2ccc(N(c3ccc(-c4ccccc4)cc3)c3ccc4ccc5c(N(c6ccccc6)c6cccc7c6oc6c(C8CCCCC8)cc8ccccc8c67)ccc6ccc3c4c65)cc2)cc1. The number of rotatable bonds is 16. The third-order valence-corrected chi connectivity index (χ3v) is 31.1. The van der Waals surface area contributed by atoms with Gasteiger partial charge < -0.3 is 28.4 Å². The minimum absolute atomic E-state index is 0.119. The lowest BCUT2D eigenvalue weighted by atomic mass is 9.82. The average Bonchev–Trinajstić information content (AvgIpc) is 1.11. The van der Waals surface area contributed by atoms with Gasteiger partial charge in [0.2, 0.25) is 0 Å². The van der Waals surface area contributed by atoms with E-state index in [-0.39, 0.29) is 5.41 Å². The summed E-state index contributed by atoms with van der Waals surface area (Å²) in [5.41, 5.74) is 30.0. The fraction of sp³-hybridized carbons (Fsp3) is 0.113. The molecule has 0 amide bonds. The Morgan fingerprint density at radius 2 is 0.518 bits per heavy atom. The minimum atomic E-state index is -0.119. The highest BCUT2D eigenvalue weighted by Crippen LogP contribution is 2.58. The summed E-state index contributed by atoms with van der Waals surface area (Å²) in [4.78, 5) is 9.78. The maximum absolute atomic E-state index is 7.37. The fourth-order valence-corrected chi connectivity index (χ4v) is 24.5. The van der Waals surface area contributed by atoms with Gasteiger partial charge in [0.15, 0.2) is 11.2 Å². The Bertz CT molecular complexity index is 8970. The second-order valence-electron chi connectivity index (χ2n) is 39.2. The lowest BCUT2D eigenvalue weighted by Gasteiger charge is -2.30. The molecule has 0 unspecified atom stereocenters. The number of benzene rings is 23. The van der Waals surface area contributed by atoms with Gasteiger partial charge in [0.25, 0.3) is 0 Å². The van der Waals surface area contributed by atoms with Crippen molar-refractivity contribution in [2.24, 2.45) is 0 Å².